The minimum absolute atomic E-state index is 0.183. The van der Waals surface area contributed by atoms with Crippen LogP contribution >= 0.6 is 0 Å². The van der Waals surface area contributed by atoms with Gasteiger partial charge in [0.2, 0.25) is 0 Å². The second-order valence-electron chi connectivity index (χ2n) is 5.78. The quantitative estimate of drug-likeness (QED) is 0.759. The molecule has 2 atom stereocenters. The van der Waals surface area contributed by atoms with Gasteiger partial charge >= 0.3 is 6.09 Å². The molecular formula is C12H24N2O2. The Balaban J connectivity index is 2.55. The van der Waals surface area contributed by atoms with Gasteiger partial charge < -0.3 is 15.4 Å². The highest BCUT2D eigenvalue weighted by Gasteiger charge is 2.39. The molecule has 0 radical (unpaired) electrons. The van der Waals surface area contributed by atoms with Gasteiger partial charge in [-0.2, -0.15) is 0 Å². The number of nitrogens with one attached hydrogen (secondary N) is 2. The summed E-state index contributed by atoms with van der Waals surface area (Å²) in [6, 6.07) is 0. The molecule has 0 bridgehead atoms. The molecule has 0 spiro atoms. The van der Waals surface area contributed by atoms with E-state index < -0.39 is 5.60 Å². The highest BCUT2D eigenvalue weighted by atomic mass is 16.6. The van der Waals surface area contributed by atoms with Crippen LogP contribution in [0, 0.1) is 5.92 Å². The van der Waals surface area contributed by atoms with Gasteiger partial charge in [-0.25, -0.2) is 4.79 Å². The number of rotatable bonds is 2. The van der Waals surface area contributed by atoms with E-state index in [0.717, 1.165) is 19.5 Å². The van der Waals surface area contributed by atoms with E-state index in [0.29, 0.717) is 5.92 Å². The third-order valence-corrected chi connectivity index (χ3v) is 3.06. The van der Waals surface area contributed by atoms with Gasteiger partial charge in [0.1, 0.15) is 5.60 Å². The Hall–Kier alpha value is -0.770. The third kappa shape index (κ3) is 3.37. The largest absolute Gasteiger partial charge is 0.444 e. The summed E-state index contributed by atoms with van der Waals surface area (Å²) >= 11 is 0. The van der Waals surface area contributed by atoms with E-state index in [1.807, 2.05) is 20.8 Å². The smallest absolute Gasteiger partial charge is 0.408 e. The van der Waals surface area contributed by atoms with Crippen molar-refractivity contribution >= 4 is 6.09 Å². The van der Waals surface area contributed by atoms with Crippen LogP contribution in [0.2, 0.25) is 0 Å². The van der Waals surface area contributed by atoms with Gasteiger partial charge in [-0.3, -0.25) is 0 Å². The zero-order valence-corrected chi connectivity index (χ0v) is 11.0. The molecule has 1 aliphatic heterocycles. The number of amides is 1. The van der Waals surface area contributed by atoms with Crippen molar-refractivity contribution in [3.63, 3.8) is 0 Å². The van der Waals surface area contributed by atoms with Crippen molar-refractivity contribution < 1.29 is 9.53 Å². The fourth-order valence-corrected chi connectivity index (χ4v) is 2.15. The molecule has 0 aromatic heterocycles. The first kappa shape index (κ1) is 13.3. The summed E-state index contributed by atoms with van der Waals surface area (Å²) in [6.45, 7) is 11.6. The molecule has 1 heterocycles. The lowest BCUT2D eigenvalue weighted by atomic mass is 9.87. The van der Waals surface area contributed by atoms with Crippen molar-refractivity contribution in [2.24, 2.45) is 5.92 Å². The maximum atomic E-state index is 11.7. The second kappa shape index (κ2) is 4.62. The van der Waals surface area contributed by atoms with Crippen LogP contribution < -0.4 is 10.6 Å². The van der Waals surface area contributed by atoms with Gasteiger partial charge in [0, 0.05) is 13.1 Å². The van der Waals surface area contributed by atoms with Gasteiger partial charge in [-0.15, -0.1) is 0 Å². The minimum Gasteiger partial charge on any atom is -0.444 e. The third-order valence-electron chi connectivity index (χ3n) is 3.06. The maximum absolute atomic E-state index is 11.7. The van der Waals surface area contributed by atoms with Crippen LogP contribution in [-0.2, 0) is 4.74 Å². The van der Waals surface area contributed by atoms with Gasteiger partial charge in [0.15, 0.2) is 0 Å². The summed E-state index contributed by atoms with van der Waals surface area (Å²) in [5.41, 5.74) is -0.620. The van der Waals surface area contributed by atoms with E-state index in [9.17, 15) is 4.79 Å². The summed E-state index contributed by atoms with van der Waals surface area (Å²) in [5, 5.41) is 6.30. The molecule has 1 saturated heterocycles. The van der Waals surface area contributed by atoms with E-state index >= 15 is 0 Å². The van der Waals surface area contributed by atoms with Crippen molar-refractivity contribution in [3.8, 4) is 0 Å². The molecule has 16 heavy (non-hydrogen) atoms. The number of ether oxygens (including phenoxy) is 1. The van der Waals surface area contributed by atoms with Crippen LogP contribution in [0.5, 0.6) is 0 Å². The molecule has 0 aliphatic carbocycles. The average molecular weight is 228 g/mol. The fraction of sp³-hybridized carbons (Fsp3) is 0.917. The highest BCUT2D eigenvalue weighted by Crippen LogP contribution is 2.24. The predicted molar refractivity (Wildman–Crippen MR) is 64.4 cm³/mol. The van der Waals surface area contributed by atoms with Gasteiger partial charge in [-0.05, 0) is 40.0 Å². The zero-order chi connectivity index (χ0) is 12.4. The van der Waals surface area contributed by atoms with Crippen molar-refractivity contribution in [2.75, 3.05) is 13.1 Å². The summed E-state index contributed by atoms with van der Waals surface area (Å²) in [7, 11) is 0. The molecule has 1 aliphatic rings. The van der Waals surface area contributed by atoms with Crippen LogP contribution in [0.1, 0.15) is 41.0 Å². The van der Waals surface area contributed by atoms with E-state index in [-0.39, 0.29) is 11.6 Å². The van der Waals surface area contributed by atoms with Gasteiger partial charge in [0.05, 0.1) is 5.54 Å². The summed E-state index contributed by atoms with van der Waals surface area (Å²) < 4.78 is 5.28. The molecule has 1 fully saturated rings. The maximum Gasteiger partial charge on any atom is 0.408 e. The Kier molecular flexibility index (Phi) is 3.84. The second-order valence-corrected chi connectivity index (χ2v) is 5.78. The fourth-order valence-electron chi connectivity index (χ4n) is 2.15. The SMILES string of the molecule is CC[C@@H]1CNC[C@@]1(C)NC(=O)OC(C)(C)C. The molecule has 4 heteroatoms. The number of hydrogen-bond acceptors (Lipinski definition) is 3. The van der Waals surface area contributed by atoms with Crippen molar-refractivity contribution in [3.05, 3.63) is 0 Å². The summed E-state index contributed by atoms with van der Waals surface area (Å²) in [4.78, 5) is 11.7. The monoisotopic (exact) mass is 228 g/mol. The summed E-state index contributed by atoms with van der Waals surface area (Å²) in [6.07, 6.45) is 0.733. The topological polar surface area (TPSA) is 50.4 Å². The predicted octanol–water partition coefficient (Wildman–Crippen LogP) is 1.90. The molecule has 1 amide bonds. The van der Waals surface area contributed by atoms with E-state index in [1.54, 1.807) is 0 Å². The molecule has 94 valence electrons. The zero-order valence-electron chi connectivity index (χ0n) is 11.0. The van der Waals surface area contributed by atoms with Crippen LogP contribution in [0.4, 0.5) is 4.79 Å². The molecule has 4 nitrogen and oxygen atoms in total. The van der Waals surface area contributed by atoms with Crippen molar-refractivity contribution in [1.82, 2.24) is 10.6 Å². The lowest BCUT2D eigenvalue weighted by Crippen LogP contribution is -2.53. The lowest BCUT2D eigenvalue weighted by Gasteiger charge is -2.32. The Morgan fingerprint density at radius 1 is 1.56 bits per heavy atom. The van der Waals surface area contributed by atoms with Crippen LogP contribution in [0.3, 0.4) is 0 Å². The van der Waals surface area contributed by atoms with Gasteiger partial charge in [0.25, 0.3) is 0 Å². The number of carbonyl (C=O) groups is 1. The molecule has 1 rings (SSSR count). The molecule has 0 aromatic carbocycles. The first-order chi connectivity index (χ1) is 7.27. The molecule has 0 aromatic rings. The molecule has 2 N–H and O–H groups in total. The Labute approximate surface area is 98.1 Å². The summed E-state index contributed by atoms with van der Waals surface area (Å²) in [5.74, 6) is 0.472. The van der Waals surface area contributed by atoms with Crippen LogP contribution in [0.15, 0.2) is 0 Å². The van der Waals surface area contributed by atoms with E-state index in [1.165, 1.54) is 0 Å². The minimum atomic E-state index is -0.436. The van der Waals surface area contributed by atoms with Gasteiger partial charge in [-0.1, -0.05) is 6.92 Å². The Morgan fingerprint density at radius 2 is 2.19 bits per heavy atom. The number of carbonyl (C=O) groups excluding carboxylic acids is 1. The van der Waals surface area contributed by atoms with Crippen LogP contribution in [0.25, 0.3) is 0 Å². The molecular weight excluding hydrogens is 204 g/mol. The number of hydrogen-bond donors (Lipinski definition) is 2. The molecule has 0 unspecified atom stereocenters. The van der Waals surface area contributed by atoms with Crippen LogP contribution in [-0.4, -0.2) is 30.3 Å². The first-order valence-corrected chi connectivity index (χ1v) is 5.99. The molecule has 0 saturated carbocycles. The normalized spacial score (nSPS) is 30.2. The standard InChI is InChI=1S/C12H24N2O2/c1-6-9-7-13-8-12(9,5)14-10(15)16-11(2,3)4/h9,13H,6-8H2,1-5H3,(H,14,15)/t9-,12-/m1/s1. The van der Waals surface area contributed by atoms with E-state index in [2.05, 4.69) is 24.5 Å². The Bertz CT molecular complexity index is 260. The van der Waals surface area contributed by atoms with Crippen molar-refractivity contribution in [1.29, 1.82) is 0 Å². The Morgan fingerprint density at radius 3 is 2.69 bits per heavy atom. The van der Waals surface area contributed by atoms with E-state index in [4.69, 9.17) is 4.74 Å². The lowest BCUT2D eigenvalue weighted by molar-refractivity contribution is 0.0447. The van der Waals surface area contributed by atoms with Crippen molar-refractivity contribution in [2.45, 2.75) is 52.2 Å². The number of alkyl carbamates (subject to hydrolysis) is 1. The first-order valence-electron chi connectivity index (χ1n) is 5.99. The highest BCUT2D eigenvalue weighted by molar-refractivity contribution is 5.69. The average Bonchev–Trinajstić information content (AvgIpc) is 2.42.